The van der Waals surface area contributed by atoms with E-state index in [1.165, 1.54) is 32.2 Å². The van der Waals surface area contributed by atoms with Crippen LogP contribution in [0.5, 0.6) is 0 Å². The Hall–Kier alpha value is -3.48. The standard InChI is InChI=1S/C19H19N3O4/c1-12-4-9-16(20-11-12)22-17(23)10-13(2)18(24)21-15-7-5-14(6-8-15)19(25)26-3/h4-11H,1-3H3,(H,21,24)(H,20,22,23)/b13-10+. The van der Waals surface area contributed by atoms with Gasteiger partial charge >= 0.3 is 5.97 Å². The number of esters is 1. The SMILES string of the molecule is COC(=O)c1ccc(NC(=O)/C(C)=C/C(=O)Nc2ccc(C)cn2)cc1. The number of aromatic nitrogens is 1. The largest absolute Gasteiger partial charge is 0.465 e. The normalized spacial score (nSPS) is 10.8. The molecule has 0 saturated heterocycles. The van der Waals surface area contributed by atoms with Crippen LogP contribution < -0.4 is 10.6 Å². The highest BCUT2D eigenvalue weighted by Crippen LogP contribution is 2.12. The van der Waals surface area contributed by atoms with Crippen molar-refractivity contribution in [3.8, 4) is 0 Å². The van der Waals surface area contributed by atoms with E-state index in [-0.39, 0.29) is 5.57 Å². The van der Waals surface area contributed by atoms with Gasteiger partial charge in [0.25, 0.3) is 5.91 Å². The van der Waals surface area contributed by atoms with E-state index in [0.29, 0.717) is 17.1 Å². The predicted octanol–water partition coefficient (Wildman–Crippen LogP) is 2.70. The van der Waals surface area contributed by atoms with Gasteiger partial charge in [0, 0.05) is 23.5 Å². The lowest BCUT2D eigenvalue weighted by Gasteiger charge is -2.07. The maximum absolute atomic E-state index is 12.2. The minimum Gasteiger partial charge on any atom is -0.465 e. The zero-order chi connectivity index (χ0) is 19.1. The van der Waals surface area contributed by atoms with E-state index in [0.717, 1.165) is 5.56 Å². The van der Waals surface area contributed by atoms with Crippen molar-refractivity contribution < 1.29 is 19.1 Å². The number of hydrogen-bond donors (Lipinski definition) is 2. The van der Waals surface area contributed by atoms with Crippen molar-refractivity contribution in [3.63, 3.8) is 0 Å². The first kappa shape index (κ1) is 18.9. The number of anilines is 2. The summed E-state index contributed by atoms with van der Waals surface area (Å²) in [5.41, 5.74) is 2.08. The lowest BCUT2D eigenvalue weighted by atomic mass is 10.2. The summed E-state index contributed by atoms with van der Waals surface area (Å²) in [6, 6.07) is 9.73. The summed E-state index contributed by atoms with van der Waals surface area (Å²) in [7, 11) is 1.29. The molecular formula is C19H19N3O4. The van der Waals surface area contributed by atoms with Gasteiger partial charge in [-0.3, -0.25) is 9.59 Å². The Morgan fingerprint density at radius 1 is 1.04 bits per heavy atom. The van der Waals surface area contributed by atoms with Gasteiger partial charge in [-0.15, -0.1) is 0 Å². The molecule has 2 N–H and O–H groups in total. The maximum atomic E-state index is 12.2. The van der Waals surface area contributed by atoms with Gasteiger partial charge in [0.15, 0.2) is 0 Å². The Kier molecular flexibility index (Phi) is 6.21. The number of aryl methyl sites for hydroxylation is 1. The van der Waals surface area contributed by atoms with Crippen LogP contribution in [0, 0.1) is 6.92 Å². The van der Waals surface area contributed by atoms with Gasteiger partial charge in [-0.25, -0.2) is 9.78 Å². The molecule has 0 atom stereocenters. The molecule has 7 heteroatoms. The third-order valence-electron chi connectivity index (χ3n) is 3.43. The predicted molar refractivity (Wildman–Crippen MR) is 97.8 cm³/mol. The minimum absolute atomic E-state index is 0.228. The van der Waals surface area contributed by atoms with E-state index < -0.39 is 17.8 Å². The van der Waals surface area contributed by atoms with E-state index in [9.17, 15) is 14.4 Å². The number of carbonyl (C=O) groups excluding carboxylic acids is 3. The number of nitrogens with zero attached hydrogens (tertiary/aromatic N) is 1. The number of carbonyl (C=O) groups is 3. The second kappa shape index (κ2) is 8.57. The highest BCUT2D eigenvalue weighted by molar-refractivity contribution is 6.09. The van der Waals surface area contributed by atoms with Gasteiger partial charge in [0.2, 0.25) is 5.91 Å². The topological polar surface area (TPSA) is 97.4 Å². The minimum atomic E-state index is -0.458. The molecule has 0 radical (unpaired) electrons. The molecule has 0 saturated carbocycles. The lowest BCUT2D eigenvalue weighted by Crippen LogP contribution is -2.16. The van der Waals surface area contributed by atoms with Gasteiger partial charge in [-0.05, 0) is 49.7 Å². The Morgan fingerprint density at radius 3 is 2.31 bits per heavy atom. The average molecular weight is 353 g/mol. The quantitative estimate of drug-likeness (QED) is 0.636. The smallest absolute Gasteiger partial charge is 0.337 e. The van der Waals surface area contributed by atoms with Crippen molar-refractivity contribution in [1.82, 2.24) is 4.98 Å². The summed E-state index contributed by atoms with van der Waals surface area (Å²) >= 11 is 0. The molecule has 7 nitrogen and oxygen atoms in total. The van der Waals surface area contributed by atoms with Gasteiger partial charge in [-0.1, -0.05) is 6.07 Å². The summed E-state index contributed by atoms with van der Waals surface area (Å²) in [6.45, 7) is 3.42. The van der Waals surface area contributed by atoms with E-state index >= 15 is 0 Å². The number of methoxy groups -OCH3 is 1. The molecule has 0 aliphatic heterocycles. The number of ether oxygens (including phenoxy) is 1. The maximum Gasteiger partial charge on any atom is 0.337 e. The highest BCUT2D eigenvalue weighted by atomic mass is 16.5. The molecule has 1 aromatic carbocycles. The fourth-order valence-electron chi connectivity index (χ4n) is 2.00. The number of benzene rings is 1. The lowest BCUT2D eigenvalue weighted by molar-refractivity contribution is -0.114. The van der Waals surface area contributed by atoms with Gasteiger partial charge in [-0.2, -0.15) is 0 Å². The van der Waals surface area contributed by atoms with E-state index in [4.69, 9.17) is 0 Å². The summed E-state index contributed by atoms with van der Waals surface area (Å²) in [4.78, 5) is 39.6. The first-order chi connectivity index (χ1) is 12.4. The number of hydrogen-bond acceptors (Lipinski definition) is 5. The van der Waals surface area contributed by atoms with Crippen LogP contribution in [0.2, 0.25) is 0 Å². The van der Waals surface area contributed by atoms with Crippen molar-refractivity contribution in [2.75, 3.05) is 17.7 Å². The number of nitrogens with one attached hydrogen (secondary N) is 2. The van der Waals surface area contributed by atoms with Crippen LogP contribution in [-0.2, 0) is 14.3 Å². The first-order valence-corrected chi connectivity index (χ1v) is 7.80. The van der Waals surface area contributed by atoms with Crippen LogP contribution in [0.1, 0.15) is 22.8 Å². The summed E-state index contributed by atoms with van der Waals surface area (Å²) in [5, 5.41) is 5.23. The summed E-state index contributed by atoms with van der Waals surface area (Å²) in [6.07, 6.45) is 2.83. The molecule has 0 aliphatic rings. The molecule has 2 amide bonds. The fourth-order valence-corrected chi connectivity index (χ4v) is 2.00. The number of rotatable bonds is 5. The Labute approximate surface area is 151 Å². The molecule has 134 valence electrons. The van der Waals surface area contributed by atoms with Crippen LogP contribution in [0.4, 0.5) is 11.5 Å². The number of amides is 2. The molecule has 0 fully saturated rings. The second-order valence-corrected chi connectivity index (χ2v) is 5.56. The third-order valence-corrected chi connectivity index (χ3v) is 3.43. The van der Waals surface area contributed by atoms with Crippen LogP contribution in [0.3, 0.4) is 0 Å². The van der Waals surface area contributed by atoms with Gasteiger partial charge < -0.3 is 15.4 Å². The van der Waals surface area contributed by atoms with Crippen LogP contribution in [0.15, 0.2) is 54.2 Å². The molecule has 0 bridgehead atoms. The van der Waals surface area contributed by atoms with Crippen molar-refractivity contribution >= 4 is 29.3 Å². The summed E-state index contributed by atoms with van der Waals surface area (Å²) < 4.78 is 4.61. The highest BCUT2D eigenvalue weighted by Gasteiger charge is 2.09. The Morgan fingerprint density at radius 2 is 1.73 bits per heavy atom. The van der Waals surface area contributed by atoms with E-state index in [1.807, 2.05) is 13.0 Å². The molecule has 2 rings (SSSR count). The van der Waals surface area contributed by atoms with Gasteiger partial charge in [0.05, 0.1) is 12.7 Å². The summed E-state index contributed by atoms with van der Waals surface area (Å²) in [5.74, 6) is -0.929. The van der Waals surface area contributed by atoms with Crippen LogP contribution >= 0.6 is 0 Å². The Bertz CT molecular complexity index is 840. The van der Waals surface area contributed by atoms with E-state index in [1.54, 1.807) is 24.4 Å². The molecule has 1 aromatic heterocycles. The fraction of sp³-hybridized carbons (Fsp3) is 0.158. The number of pyridine rings is 1. The first-order valence-electron chi connectivity index (χ1n) is 7.80. The average Bonchev–Trinajstić information content (AvgIpc) is 2.63. The van der Waals surface area contributed by atoms with Crippen LogP contribution in [0.25, 0.3) is 0 Å². The van der Waals surface area contributed by atoms with Gasteiger partial charge in [0.1, 0.15) is 5.82 Å². The zero-order valence-corrected chi connectivity index (χ0v) is 14.7. The Balaban J connectivity index is 1.97. The third kappa shape index (κ3) is 5.27. The molecule has 0 spiro atoms. The van der Waals surface area contributed by atoms with Crippen molar-refractivity contribution in [1.29, 1.82) is 0 Å². The molecule has 2 aromatic rings. The monoisotopic (exact) mass is 353 g/mol. The van der Waals surface area contributed by atoms with Crippen molar-refractivity contribution in [2.45, 2.75) is 13.8 Å². The molecular weight excluding hydrogens is 334 g/mol. The van der Waals surface area contributed by atoms with Crippen molar-refractivity contribution in [2.24, 2.45) is 0 Å². The van der Waals surface area contributed by atoms with E-state index in [2.05, 4.69) is 20.4 Å². The molecule has 0 unspecified atom stereocenters. The molecule has 26 heavy (non-hydrogen) atoms. The van der Waals surface area contributed by atoms with Crippen molar-refractivity contribution in [3.05, 3.63) is 65.4 Å². The molecule has 0 aliphatic carbocycles. The second-order valence-electron chi connectivity index (χ2n) is 5.56. The molecule has 1 heterocycles. The van der Waals surface area contributed by atoms with Crippen LogP contribution in [-0.4, -0.2) is 29.9 Å². The zero-order valence-electron chi connectivity index (χ0n) is 14.7.